The highest BCUT2D eigenvalue weighted by Crippen LogP contribution is 2.39. The van der Waals surface area contributed by atoms with Crippen molar-refractivity contribution in [1.29, 1.82) is 0 Å². The van der Waals surface area contributed by atoms with Crippen LogP contribution < -0.4 is 14.9 Å². The van der Waals surface area contributed by atoms with Gasteiger partial charge in [0.05, 0.1) is 28.8 Å². The van der Waals surface area contributed by atoms with E-state index in [-0.39, 0.29) is 11.7 Å². The summed E-state index contributed by atoms with van der Waals surface area (Å²) in [5, 5.41) is 3.98. The van der Waals surface area contributed by atoms with E-state index < -0.39 is 10.0 Å². The van der Waals surface area contributed by atoms with Gasteiger partial charge in [0.2, 0.25) is 10.0 Å². The summed E-state index contributed by atoms with van der Waals surface area (Å²) in [6, 6.07) is 18.7. The van der Waals surface area contributed by atoms with Crippen molar-refractivity contribution in [3.8, 4) is 11.1 Å². The number of anilines is 3. The Balaban J connectivity index is 1.53. The standard InChI is InChI=1S/C24H27N3O4S2/c1-2-16-33(29,30)26-20-10-8-19(9-11-20)25-23(28)22-17-21(18-6-4-3-5-7-18)24(32-22)27-12-14-31-15-13-27/h3-11,17,26H,2,12-16H2,1H3,(H,25,28). The first-order chi connectivity index (χ1) is 15.9. The fourth-order valence-corrected chi connectivity index (χ4v) is 5.89. The van der Waals surface area contributed by atoms with Crippen molar-refractivity contribution in [1.82, 2.24) is 0 Å². The normalized spacial score (nSPS) is 14.2. The summed E-state index contributed by atoms with van der Waals surface area (Å²) in [5.41, 5.74) is 3.17. The number of carbonyl (C=O) groups is 1. The zero-order valence-electron chi connectivity index (χ0n) is 18.4. The largest absolute Gasteiger partial charge is 0.378 e. The molecule has 2 heterocycles. The summed E-state index contributed by atoms with van der Waals surface area (Å²) in [6.45, 7) is 4.73. The van der Waals surface area contributed by atoms with Gasteiger partial charge in [-0.2, -0.15) is 0 Å². The van der Waals surface area contributed by atoms with Crippen LogP contribution in [-0.4, -0.2) is 46.4 Å². The molecule has 0 atom stereocenters. The molecule has 0 unspecified atom stereocenters. The Bertz CT molecular complexity index is 1190. The van der Waals surface area contributed by atoms with E-state index in [0.717, 1.165) is 29.2 Å². The molecule has 174 valence electrons. The number of carbonyl (C=O) groups excluding carboxylic acids is 1. The molecule has 2 aromatic carbocycles. The number of benzene rings is 2. The van der Waals surface area contributed by atoms with Gasteiger partial charge in [-0.3, -0.25) is 9.52 Å². The van der Waals surface area contributed by atoms with Gasteiger partial charge < -0.3 is 15.0 Å². The second kappa shape index (κ2) is 10.4. The molecule has 2 N–H and O–H groups in total. The molecule has 0 aliphatic carbocycles. The van der Waals surface area contributed by atoms with Gasteiger partial charge in [0.15, 0.2) is 0 Å². The van der Waals surface area contributed by atoms with Crippen LogP contribution in [0.3, 0.4) is 0 Å². The summed E-state index contributed by atoms with van der Waals surface area (Å²) < 4.78 is 31.9. The quantitative estimate of drug-likeness (QED) is 0.485. The molecule has 1 aliphatic heterocycles. The van der Waals surface area contributed by atoms with Gasteiger partial charge in [-0.25, -0.2) is 8.42 Å². The Labute approximate surface area is 198 Å². The lowest BCUT2D eigenvalue weighted by molar-refractivity contribution is 0.103. The molecular formula is C24H27N3O4S2. The third-order valence-electron chi connectivity index (χ3n) is 5.21. The first kappa shape index (κ1) is 23.3. The van der Waals surface area contributed by atoms with Gasteiger partial charge in [-0.1, -0.05) is 37.3 Å². The molecular weight excluding hydrogens is 458 g/mol. The van der Waals surface area contributed by atoms with Crippen molar-refractivity contribution in [3.05, 3.63) is 65.5 Å². The number of nitrogens with zero attached hydrogens (tertiary/aromatic N) is 1. The highest BCUT2D eigenvalue weighted by Gasteiger charge is 2.22. The maximum Gasteiger partial charge on any atom is 0.265 e. The topological polar surface area (TPSA) is 87.7 Å². The molecule has 4 rings (SSSR count). The number of rotatable bonds is 8. The van der Waals surface area contributed by atoms with Crippen molar-refractivity contribution in [2.75, 3.05) is 47.0 Å². The van der Waals surface area contributed by atoms with E-state index >= 15 is 0 Å². The van der Waals surface area contributed by atoms with E-state index in [4.69, 9.17) is 4.74 Å². The average molecular weight is 486 g/mol. The molecule has 1 amide bonds. The molecule has 1 aliphatic rings. The van der Waals surface area contributed by atoms with Crippen molar-refractivity contribution >= 4 is 43.6 Å². The Kier molecular flexibility index (Phi) is 7.32. The van der Waals surface area contributed by atoms with E-state index in [1.54, 1.807) is 24.3 Å². The molecule has 9 heteroatoms. The molecule has 1 fully saturated rings. The summed E-state index contributed by atoms with van der Waals surface area (Å²) in [4.78, 5) is 15.9. The van der Waals surface area contributed by atoms with E-state index in [0.29, 0.717) is 35.9 Å². The summed E-state index contributed by atoms with van der Waals surface area (Å²) in [5.74, 6) is -0.130. The van der Waals surface area contributed by atoms with Crippen LogP contribution in [-0.2, 0) is 14.8 Å². The van der Waals surface area contributed by atoms with Crippen molar-refractivity contribution in [2.45, 2.75) is 13.3 Å². The van der Waals surface area contributed by atoms with Crippen LogP contribution in [0.5, 0.6) is 0 Å². The van der Waals surface area contributed by atoms with Crippen LogP contribution in [0.15, 0.2) is 60.7 Å². The molecule has 3 aromatic rings. The number of hydrogen-bond acceptors (Lipinski definition) is 6. The Morgan fingerprint density at radius 2 is 1.70 bits per heavy atom. The van der Waals surface area contributed by atoms with E-state index in [1.165, 1.54) is 11.3 Å². The van der Waals surface area contributed by atoms with Crippen LogP contribution in [0.1, 0.15) is 23.0 Å². The lowest BCUT2D eigenvalue weighted by Crippen LogP contribution is -2.35. The average Bonchev–Trinajstić information content (AvgIpc) is 3.27. The number of hydrogen-bond donors (Lipinski definition) is 2. The first-order valence-electron chi connectivity index (χ1n) is 10.9. The number of sulfonamides is 1. The van der Waals surface area contributed by atoms with Crippen molar-refractivity contribution in [3.63, 3.8) is 0 Å². The van der Waals surface area contributed by atoms with Crippen LogP contribution in [0.4, 0.5) is 16.4 Å². The minimum absolute atomic E-state index is 0.0685. The third kappa shape index (κ3) is 5.93. The minimum Gasteiger partial charge on any atom is -0.378 e. The SMILES string of the molecule is CCCS(=O)(=O)Nc1ccc(NC(=O)c2cc(-c3ccccc3)c(N3CCOCC3)s2)cc1. The molecule has 33 heavy (non-hydrogen) atoms. The maximum atomic E-state index is 13.0. The Hall–Kier alpha value is -2.88. The second-order valence-corrected chi connectivity index (χ2v) is 10.6. The van der Waals surface area contributed by atoms with Gasteiger partial charge in [0.25, 0.3) is 5.91 Å². The number of amides is 1. The van der Waals surface area contributed by atoms with Crippen LogP contribution in [0.25, 0.3) is 11.1 Å². The second-order valence-electron chi connectivity index (χ2n) is 7.75. The van der Waals surface area contributed by atoms with Crippen LogP contribution in [0.2, 0.25) is 0 Å². The van der Waals surface area contributed by atoms with Crippen LogP contribution >= 0.6 is 11.3 Å². The van der Waals surface area contributed by atoms with Gasteiger partial charge in [0, 0.05) is 30.0 Å². The fraction of sp³-hybridized carbons (Fsp3) is 0.292. The smallest absolute Gasteiger partial charge is 0.265 e. The molecule has 0 saturated carbocycles. The summed E-state index contributed by atoms with van der Waals surface area (Å²) >= 11 is 1.47. The maximum absolute atomic E-state index is 13.0. The lowest BCUT2D eigenvalue weighted by Gasteiger charge is -2.28. The molecule has 7 nitrogen and oxygen atoms in total. The van der Waals surface area contributed by atoms with Crippen molar-refractivity contribution in [2.24, 2.45) is 0 Å². The molecule has 0 spiro atoms. The van der Waals surface area contributed by atoms with Gasteiger partial charge in [-0.15, -0.1) is 11.3 Å². The molecule has 1 saturated heterocycles. The number of thiophene rings is 1. The summed E-state index contributed by atoms with van der Waals surface area (Å²) in [6.07, 6.45) is 0.543. The summed E-state index contributed by atoms with van der Waals surface area (Å²) in [7, 11) is -3.35. The Morgan fingerprint density at radius 3 is 2.36 bits per heavy atom. The van der Waals surface area contributed by atoms with Gasteiger partial charge in [-0.05, 0) is 42.3 Å². The predicted molar refractivity (Wildman–Crippen MR) is 135 cm³/mol. The highest BCUT2D eigenvalue weighted by molar-refractivity contribution is 7.92. The number of ether oxygens (including phenoxy) is 1. The van der Waals surface area contributed by atoms with Gasteiger partial charge in [0.1, 0.15) is 0 Å². The molecule has 0 radical (unpaired) electrons. The first-order valence-corrected chi connectivity index (χ1v) is 13.4. The van der Waals surface area contributed by atoms with E-state index in [9.17, 15) is 13.2 Å². The number of nitrogens with one attached hydrogen (secondary N) is 2. The predicted octanol–water partition coefficient (Wildman–Crippen LogP) is 4.66. The zero-order valence-corrected chi connectivity index (χ0v) is 20.0. The third-order valence-corrected chi connectivity index (χ3v) is 7.90. The van der Waals surface area contributed by atoms with Gasteiger partial charge >= 0.3 is 0 Å². The molecule has 1 aromatic heterocycles. The highest BCUT2D eigenvalue weighted by atomic mass is 32.2. The van der Waals surface area contributed by atoms with Crippen molar-refractivity contribution < 1.29 is 17.9 Å². The minimum atomic E-state index is -3.35. The number of morpholine rings is 1. The van der Waals surface area contributed by atoms with Crippen LogP contribution in [0, 0.1) is 0 Å². The molecule has 0 bridgehead atoms. The zero-order chi connectivity index (χ0) is 23.3. The Morgan fingerprint density at radius 1 is 1.03 bits per heavy atom. The fourth-order valence-electron chi connectivity index (χ4n) is 3.63. The lowest BCUT2D eigenvalue weighted by atomic mass is 10.1. The van der Waals surface area contributed by atoms with E-state index in [2.05, 4.69) is 14.9 Å². The monoisotopic (exact) mass is 485 g/mol. The van der Waals surface area contributed by atoms with E-state index in [1.807, 2.05) is 43.3 Å².